The van der Waals surface area contributed by atoms with Gasteiger partial charge in [-0.25, -0.2) is 0 Å². The summed E-state index contributed by atoms with van der Waals surface area (Å²) in [6.07, 6.45) is 1.29. The van der Waals surface area contributed by atoms with Gasteiger partial charge in [0.2, 0.25) is 0 Å². The molecule has 0 saturated carbocycles. The summed E-state index contributed by atoms with van der Waals surface area (Å²) in [5, 5.41) is 9.49. The Labute approximate surface area is 136 Å². The molecule has 2 rings (SSSR count). The number of hydrogen-bond acceptors (Lipinski definition) is 3. The largest absolute Gasteiger partial charge is 0.497 e. The molecule has 122 valence electrons. The minimum absolute atomic E-state index is 0.352. The summed E-state index contributed by atoms with van der Waals surface area (Å²) in [5.41, 5.74) is 1.85. The second-order valence-electron chi connectivity index (χ2n) is 5.27. The smallest absolute Gasteiger partial charge is 0.311 e. The average Bonchev–Trinajstić information content (AvgIpc) is 2.58. The van der Waals surface area contributed by atoms with Crippen molar-refractivity contribution in [3.05, 3.63) is 59.7 Å². The van der Waals surface area contributed by atoms with Crippen LogP contribution in [0.5, 0.6) is 11.5 Å². The van der Waals surface area contributed by atoms with Gasteiger partial charge in [-0.1, -0.05) is 37.3 Å². The minimum Gasteiger partial charge on any atom is -0.497 e. The summed E-state index contributed by atoms with van der Waals surface area (Å²) in [6.45, 7) is 2.42. The molecule has 0 aliphatic heterocycles. The summed E-state index contributed by atoms with van der Waals surface area (Å²) in [6, 6.07) is 15.0. The number of rotatable bonds is 8. The molecule has 2 aromatic rings. The molecule has 0 saturated heterocycles. The Hall–Kier alpha value is -2.49. The van der Waals surface area contributed by atoms with Gasteiger partial charge in [0, 0.05) is 0 Å². The summed E-state index contributed by atoms with van der Waals surface area (Å²) in [4.78, 5) is 11.6. The number of carbonyl (C=O) groups is 1. The van der Waals surface area contributed by atoms with Crippen LogP contribution >= 0.6 is 0 Å². The molecule has 0 aliphatic carbocycles. The quantitative estimate of drug-likeness (QED) is 0.803. The van der Waals surface area contributed by atoms with E-state index in [-0.39, 0.29) is 0 Å². The first-order valence-electron chi connectivity index (χ1n) is 7.73. The Balaban J connectivity index is 2.04. The molecule has 0 aliphatic rings. The number of carboxylic acid groups (broad SMARTS) is 1. The Bertz CT molecular complexity index is 651. The normalized spacial score (nSPS) is 11.7. The molecule has 2 aromatic carbocycles. The molecule has 0 aromatic heterocycles. The molecule has 1 atom stereocenters. The van der Waals surface area contributed by atoms with Crippen LogP contribution in [0.3, 0.4) is 0 Å². The molecule has 23 heavy (non-hydrogen) atoms. The van der Waals surface area contributed by atoms with E-state index < -0.39 is 11.9 Å². The first kappa shape index (κ1) is 16.9. The number of aryl methyl sites for hydroxylation is 1. The van der Waals surface area contributed by atoms with Crippen LogP contribution < -0.4 is 9.47 Å². The third kappa shape index (κ3) is 4.49. The van der Waals surface area contributed by atoms with Crippen LogP contribution in [0, 0.1) is 0 Å². The van der Waals surface area contributed by atoms with E-state index in [1.54, 1.807) is 31.4 Å². The number of para-hydroxylation sites is 1. The Morgan fingerprint density at radius 1 is 1.17 bits per heavy atom. The maximum atomic E-state index is 11.6. The van der Waals surface area contributed by atoms with E-state index in [1.165, 1.54) is 0 Å². The van der Waals surface area contributed by atoms with Gasteiger partial charge in [0.25, 0.3) is 0 Å². The number of carboxylic acids is 1. The lowest BCUT2D eigenvalue weighted by molar-refractivity contribution is -0.139. The van der Waals surface area contributed by atoms with E-state index in [1.807, 2.05) is 24.3 Å². The van der Waals surface area contributed by atoms with Crippen LogP contribution in [-0.4, -0.2) is 24.8 Å². The van der Waals surface area contributed by atoms with Crippen molar-refractivity contribution in [2.24, 2.45) is 0 Å². The van der Waals surface area contributed by atoms with Gasteiger partial charge in [-0.3, -0.25) is 4.79 Å². The highest BCUT2D eigenvalue weighted by Gasteiger charge is 2.20. The average molecular weight is 314 g/mol. The molecule has 0 heterocycles. The minimum atomic E-state index is -0.856. The lowest BCUT2D eigenvalue weighted by Gasteiger charge is -2.15. The first-order chi connectivity index (χ1) is 11.2. The van der Waals surface area contributed by atoms with Crippen molar-refractivity contribution in [2.45, 2.75) is 25.7 Å². The lowest BCUT2D eigenvalue weighted by atomic mass is 9.96. The van der Waals surface area contributed by atoms with Crippen molar-refractivity contribution < 1.29 is 19.4 Å². The van der Waals surface area contributed by atoms with E-state index in [0.717, 1.165) is 23.3 Å². The molecule has 4 nitrogen and oxygen atoms in total. The van der Waals surface area contributed by atoms with Crippen molar-refractivity contribution in [2.75, 3.05) is 13.7 Å². The molecule has 0 fully saturated rings. The zero-order chi connectivity index (χ0) is 16.7. The lowest BCUT2D eigenvalue weighted by Crippen LogP contribution is -2.15. The third-order valence-corrected chi connectivity index (χ3v) is 3.81. The molecule has 4 heteroatoms. The van der Waals surface area contributed by atoms with Gasteiger partial charge in [-0.15, -0.1) is 0 Å². The van der Waals surface area contributed by atoms with Gasteiger partial charge < -0.3 is 14.6 Å². The molecule has 1 N–H and O–H groups in total. The van der Waals surface area contributed by atoms with Crippen molar-refractivity contribution in [1.82, 2.24) is 0 Å². The topological polar surface area (TPSA) is 55.8 Å². The summed E-state index contributed by atoms with van der Waals surface area (Å²) in [5.74, 6) is 0.0142. The highest BCUT2D eigenvalue weighted by Crippen LogP contribution is 2.25. The Morgan fingerprint density at radius 3 is 2.65 bits per heavy atom. The highest BCUT2D eigenvalue weighted by molar-refractivity contribution is 5.76. The Kier molecular flexibility index (Phi) is 6.03. The van der Waals surface area contributed by atoms with Crippen LogP contribution in [0.4, 0.5) is 0 Å². The molecule has 0 spiro atoms. The van der Waals surface area contributed by atoms with Crippen LogP contribution in [0.2, 0.25) is 0 Å². The van der Waals surface area contributed by atoms with E-state index >= 15 is 0 Å². The van der Waals surface area contributed by atoms with E-state index in [2.05, 4.69) is 6.92 Å². The van der Waals surface area contributed by atoms with Gasteiger partial charge in [-0.05, 0) is 42.2 Å². The fourth-order valence-electron chi connectivity index (χ4n) is 2.51. The van der Waals surface area contributed by atoms with E-state index in [4.69, 9.17) is 9.47 Å². The number of aliphatic carboxylic acids is 1. The number of hydrogen-bond donors (Lipinski definition) is 1. The number of methoxy groups -OCH3 is 1. The zero-order valence-electron chi connectivity index (χ0n) is 13.5. The van der Waals surface area contributed by atoms with Crippen molar-refractivity contribution in [3.8, 4) is 11.5 Å². The second-order valence-corrected chi connectivity index (χ2v) is 5.27. The van der Waals surface area contributed by atoms with Crippen LogP contribution in [0.15, 0.2) is 48.5 Å². The van der Waals surface area contributed by atoms with Gasteiger partial charge in [0.1, 0.15) is 11.5 Å². The molecular formula is C19H22O4. The SMILES string of the molecule is CCc1ccccc1OCCC(C(=O)O)c1cccc(OC)c1. The van der Waals surface area contributed by atoms with E-state index in [0.29, 0.717) is 18.8 Å². The van der Waals surface area contributed by atoms with Crippen molar-refractivity contribution >= 4 is 5.97 Å². The second kappa shape index (κ2) is 8.22. The Morgan fingerprint density at radius 2 is 1.96 bits per heavy atom. The molecule has 0 bridgehead atoms. The molecule has 0 amide bonds. The highest BCUT2D eigenvalue weighted by atomic mass is 16.5. The summed E-state index contributed by atoms with van der Waals surface area (Å²) >= 11 is 0. The van der Waals surface area contributed by atoms with Gasteiger partial charge in [-0.2, -0.15) is 0 Å². The van der Waals surface area contributed by atoms with Crippen LogP contribution in [0.25, 0.3) is 0 Å². The zero-order valence-corrected chi connectivity index (χ0v) is 13.5. The van der Waals surface area contributed by atoms with Crippen LogP contribution in [-0.2, 0) is 11.2 Å². The third-order valence-electron chi connectivity index (χ3n) is 3.81. The van der Waals surface area contributed by atoms with Gasteiger partial charge in [0.15, 0.2) is 0 Å². The van der Waals surface area contributed by atoms with Gasteiger partial charge >= 0.3 is 5.97 Å². The fraction of sp³-hybridized carbons (Fsp3) is 0.316. The van der Waals surface area contributed by atoms with E-state index in [9.17, 15) is 9.90 Å². The molecule has 0 radical (unpaired) electrons. The monoisotopic (exact) mass is 314 g/mol. The van der Waals surface area contributed by atoms with Gasteiger partial charge in [0.05, 0.1) is 19.6 Å². The number of benzene rings is 2. The first-order valence-corrected chi connectivity index (χ1v) is 7.73. The summed E-state index contributed by atoms with van der Waals surface area (Å²) in [7, 11) is 1.57. The molecule has 1 unspecified atom stereocenters. The number of ether oxygens (including phenoxy) is 2. The predicted molar refractivity (Wildman–Crippen MR) is 89.3 cm³/mol. The maximum absolute atomic E-state index is 11.6. The maximum Gasteiger partial charge on any atom is 0.311 e. The predicted octanol–water partition coefficient (Wildman–Crippen LogP) is 3.89. The van der Waals surface area contributed by atoms with Crippen molar-refractivity contribution in [3.63, 3.8) is 0 Å². The van der Waals surface area contributed by atoms with Crippen LogP contribution in [0.1, 0.15) is 30.4 Å². The fourth-order valence-corrected chi connectivity index (χ4v) is 2.51. The standard InChI is InChI=1S/C19H22O4/c1-3-14-7-4-5-10-18(14)23-12-11-17(19(20)21)15-8-6-9-16(13-15)22-2/h4-10,13,17H,3,11-12H2,1-2H3,(H,20,21). The molecular weight excluding hydrogens is 292 g/mol. The summed E-state index contributed by atoms with van der Waals surface area (Å²) < 4.78 is 11.0. The van der Waals surface area contributed by atoms with Crippen molar-refractivity contribution in [1.29, 1.82) is 0 Å².